The minimum absolute atomic E-state index is 0.425. The molecular formula is C17H25BrClN. The smallest absolute Gasteiger partial charge is 0.0410 e. The first-order valence-electron chi connectivity index (χ1n) is 7.51. The summed E-state index contributed by atoms with van der Waals surface area (Å²) in [6.07, 6.45) is 3.91. The highest BCUT2D eigenvalue weighted by Crippen LogP contribution is 2.36. The zero-order valence-corrected chi connectivity index (χ0v) is 15.1. The van der Waals surface area contributed by atoms with Crippen LogP contribution in [0.1, 0.15) is 45.6 Å². The average Bonchev–Trinajstić information content (AvgIpc) is 2.63. The van der Waals surface area contributed by atoms with Crippen molar-refractivity contribution in [2.75, 3.05) is 18.0 Å². The lowest BCUT2D eigenvalue weighted by molar-refractivity contribution is 0.220. The zero-order valence-electron chi connectivity index (χ0n) is 12.8. The van der Waals surface area contributed by atoms with Crippen LogP contribution in [0.3, 0.4) is 0 Å². The van der Waals surface area contributed by atoms with E-state index in [2.05, 4.69) is 53.7 Å². The first kappa shape index (κ1) is 16.2. The van der Waals surface area contributed by atoms with E-state index in [0.29, 0.717) is 5.41 Å². The summed E-state index contributed by atoms with van der Waals surface area (Å²) in [7, 11) is 0. The number of rotatable bonds is 2. The number of benzene rings is 1. The van der Waals surface area contributed by atoms with Gasteiger partial charge in [-0.15, -0.1) is 0 Å². The van der Waals surface area contributed by atoms with Crippen LogP contribution in [-0.2, 0) is 5.33 Å². The topological polar surface area (TPSA) is 3.24 Å². The molecule has 1 unspecified atom stereocenters. The molecule has 0 aliphatic carbocycles. The molecule has 0 amide bonds. The van der Waals surface area contributed by atoms with Gasteiger partial charge in [-0.1, -0.05) is 48.3 Å². The summed E-state index contributed by atoms with van der Waals surface area (Å²) in [4.78, 5) is 2.54. The molecule has 1 aromatic carbocycles. The molecule has 1 aliphatic heterocycles. The van der Waals surface area contributed by atoms with E-state index in [4.69, 9.17) is 11.6 Å². The number of hydrogen-bond donors (Lipinski definition) is 0. The van der Waals surface area contributed by atoms with Crippen molar-refractivity contribution >= 4 is 33.2 Å². The Hall–Kier alpha value is -0.210. The van der Waals surface area contributed by atoms with E-state index < -0.39 is 0 Å². The maximum Gasteiger partial charge on any atom is 0.0410 e. The number of hydrogen-bond acceptors (Lipinski definition) is 1. The SMILES string of the molecule is CC(C)(C)C1CCCN(c2ccc(Cl)cc2CBr)CC1. The second kappa shape index (κ2) is 6.70. The van der Waals surface area contributed by atoms with E-state index in [1.807, 2.05) is 6.07 Å². The molecule has 1 aromatic rings. The fourth-order valence-electron chi connectivity index (χ4n) is 3.17. The van der Waals surface area contributed by atoms with Crippen molar-refractivity contribution in [3.8, 4) is 0 Å². The van der Waals surface area contributed by atoms with Crippen LogP contribution < -0.4 is 4.90 Å². The third-order valence-corrected chi connectivity index (χ3v) is 5.32. The van der Waals surface area contributed by atoms with Crippen molar-refractivity contribution < 1.29 is 0 Å². The third kappa shape index (κ3) is 3.92. The van der Waals surface area contributed by atoms with E-state index in [1.54, 1.807) is 0 Å². The Morgan fingerprint density at radius 2 is 2.00 bits per heavy atom. The molecule has 3 heteroatoms. The van der Waals surface area contributed by atoms with E-state index >= 15 is 0 Å². The Morgan fingerprint density at radius 1 is 1.25 bits per heavy atom. The fourth-order valence-corrected chi connectivity index (χ4v) is 3.82. The summed E-state index contributed by atoms with van der Waals surface area (Å²) >= 11 is 9.70. The highest BCUT2D eigenvalue weighted by atomic mass is 79.9. The van der Waals surface area contributed by atoms with Crippen LogP contribution in [0.5, 0.6) is 0 Å². The van der Waals surface area contributed by atoms with Crippen molar-refractivity contribution in [2.45, 2.75) is 45.4 Å². The Kier molecular flexibility index (Phi) is 5.42. The van der Waals surface area contributed by atoms with Crippen LogP contribution in [0.15, 0.2) is 18.2 Å². The van der Waals surface area contributed by atoms with E-state index in [-0.39, 0.29) is 0 Å². The lowest BCUT2D eigenvalue weighted by Gasteiger charge is -2.30. The van der Waals surface area contributed by atoms with E-state index in [9.17, 15) is 0 Å². The molecule has 1 atom stereocenters. The van der Waals surface area contributed by atoms with Crippen molar-refractivity contribution in [1.82, 2.24) is 0 Å². The summed E-state index contributed by atoms with van der Waals surface area (Å²) in [5.41, 5.74) is 3.07. The molecule has 0 saturated carbocycles. The molecule has 0 radical (unpaired) electrons. The first-order chi connectivity index (χ1) is 9.41. The van der Waals surface area contributed by atoms with Gasteiger partial charge < -0.3 is 4.90 Å². The van der Waals surface area contributed by atoms with Gasteiger partial charge in [0, 0.05) is 29.1 Å². The van der Waals surface area contributed by atoms with Gasteiger partial charge in [-0.2, -0.15) is 0 Å². The number of anilines is 1. The highest BCUT2D eigenvalue weighted by Gasteiger charge is 2.27. The van der Waals surface area contributed by atoms with Crippen molar-refractivity contribution in [3.63, 3.8) is 0 Å². The molecule has 1 saturated heterocycles. The fraction of sp³-hybridized carbons (Fsp3) is 0.647. The Morgan fingerprint density at radius 3 is 2.65 bits per heavy atom. The zero-order chi connectivity index (χ0) is 14.8. The van der Waals surface area contributed by atoms with Crippen molar-refractivity contribution in [1.29, 1.82) is 0 Å². The monoisotopic (exact) mass is 357 g/mol. The minimum Gasteiger partial charge on any atom is -0.371 e. The lowest BCUT2D eigenvalue weighted by Crippen LogP contribution is -2.26. The molecule has 112 valence electrons. The molecular weight excluding hydrogens is 334 g/mol. The molecule has 2 rings (SSSR count). The van der Waals surface area contributed by atoms with Gasteiger partial charge in [0.25, 0.3) is 0 Å². The molecule has 1 heterocycles. The normalized spacial score (nSPS) is 20.9. The quantitative estimate of drug-likeness (QED) is 0.596. The Labute approximate surface area is 136 Å². The number of alkyl halides is 1. The van der Waals surface area contributed by atoms with Crippen LogP contribution in [-0.4, -0.2) is 13.1 Å². The van der Waals surface area contributed by atoms with Gasteiger partial charge in [0.1, 0.15) is 0 Å². The van der Waals surface area contributed by atoms with Crippen molar-refractivity contribution in [2.24, 2.45) is 11.3 Å². The maximum absolute atomic E-state index is 6.11. The average molecular weight is 359 g/mol. The largest absolute Gasteiger partial charge is 0.371 e. The summed E-state index contributed by atoms with van der Waals surface area (Å²) in [6.45, 7) is 9.44. The van der Waals surface area contributed by atoms with Gasteiger partial charge in [-0.3, -0.25) is 0 Å². The molecule has 0 N–H and O–H groups in total. The third-order valence-electron chi connectivity index (χ3n) is 4.48. The van der Waals surface area contributed by atoms with E-state index in [0.717, 1.165) is 29.4 Å². The first-order valence-corrected chi connectivity index (χ1v) is 9.01. The van der Waals surface area contributed by atoms with Crippen LogP contribution in [0, 0.1) is 11.3 Å². The summed E-state index contributed by atoms with van der Waals surface area (Å²) < 4.78 is 0. The van der Waals surface area contributed by atoms with Crippen molar-refractivity contribution in [3.05, 3.63) is 28.8 Å². The molecule has 0 bridgehead atoms. The molecule has 0 aromatic heterocycles. The molecule has 1 fully saturated rings. The Balaban J connectivity index is 2.15. The summed E-state index contributed by atoms with van der Waals surface area (Å²) in [6, 6.07) is 6.27. The van der Waals surface area contributed by atoms with Gasteiger partial charge in [0.05, 0.1) is 0 Å². The number of nitrogens with zero attached hydrogens (tertiary/aromatic N) is 1. The second-order valence-electron chi connectivity index (χ2n) is 6.89. The van der Waals surface area contributed by atoms with Crippen LogP contribution in [0.4, 0.5) is 5.69 Å². The van der Waals surface area contributed by atoms with Gasteiger partial charge >= 0.3 is 0 Å². The Bertz CT molecular complexity index is 453. The van der Waals surface area contributed by atoms with Gasteiger partial charge in [-0.05, 0) is 54.4 Å². The van der Waals surface area contributed by atoms with E-state index in [1.165, 1.54) is 30.5 Å². The van der Waals surface area contributed by atoms with Crippen LogP contribution in [0.2, 0.25) is 5.02 Å². The minimum atomic E-state index is 0.425. The van der Waals surface area contributed by atoms with Gasteiger partial charge in [0.15, 0.2) is 0 Å². The number of halogens is 2. The van der Waals surface area contributed by atoms with Crippen LogP contribution in [0.25, 0.3) is 0 Å². The molecule has 20 heavy (non-hydrogen) atoms. The van der Waals surface area contributed by atoms with Gasteiger partial charge in [-0.25, -0.2) is 0 Å². The van der Waals surface area contributed by atoms with Gasteiger partial charge in [0.2, 0.25) is 0 Å². The second-order valence-corrected chi connectivity index (χ2v) is 7.88. The molecule has 1 nitrogen and oxygen atoms in total. The molecule has 1 aliphatic rings. The predicted molar refractivity (Wildman–Crippen MR) is 93.1 cm³/mol. The van der Waals surface area contributed by atoms with Crippen LogP contribution >= 0.6 is 27.5 Å². The molecule has 0 spiro atoms. The predicted octanol–water partition coefficient (Wildman–Crippen LogP) is 5.89. The summed E-state index contributed by atoms with van der Waals surface area (Å²) in [5.74, 6) is 0.826. The highest BCUT2D eigenvalue weighted by molar-refractivity contribution is 9.08. The summed E-state index contributed by atoms with van der Waals surface area (Å²) in [5, 5.41) is 1.69. The lowest BCUT2D eigenvalue weighted by atomic mass is 9.77. The maximum atomic E-state index is 6.11. The standard InChI is InChI=1S/C17H25BrClN/c1-17(2,3)14-5-4-9-20(10-8-14)16-7-6-15(19)11-13(16)12-18/h6-7,11,14H,4-5,8-10,12H2,1-3H3.